The van der Waals surface area contributed by atoms with E-state index >= 15 is 0 Å². The van der Waals surface area contributed by atoms with Gasteiger partial charge in [0, 0.05) is 36.6 Å². The van der Waals surface area contributed by atoms with E-state index in [0.717, 1.165) is 48.7 Å². The average molecular weight is 1160 g/mol. The van der Waals surface area contributed by atoms with Gasteiger partial charge in [-0.05, 0) is 132 Å². The first-order valence-electron chi connectivity index (χ1n) is 24.7. The Morgan fingerprint density at radius 3 is 1.61 bits per heavy atom. The quantitative estimate of drug-likeness (QED) is 0.00822. The van der Waals surface area contributed by atoms with Crippen LogP contribution in [0.5, 0.6) is 0 Å². The fourth-order valence-electron chi connectivity index (χ4n) is 7.55. The number of halogens is 3. The van der Waals surface area contributed by atoms with Crippen LogP contribution in [-0.4, -0.2) is 62.7 Å². The zero-order valence-electron chi connectivity index (χ0n) is 42.6. The van der Waals surface area contributed by atoms with Crippen LogP contribution in [0, 0.1) is 0 Å². The molecule has 0 saturated heterocycles. The largest absolute Gasteiger partial charge is 2.00 e. The second-order valence-corrected chi connectivity index (χ2v) is 17.9. The number of hydrogen-bond acceptors (Lipinski definition) is 14. The molecule has 0 saturated carbocycles. The Labute approximate surface area is 464 Å². The van der Waals surface area contributed by atoms with Gasteiger partial charge < -0.3 is 34.7 Å². The summed E-state index contributed by atoms with van der Waals surface area (Å²) < 4.78 is 53.1. The van der Waals surface area contributed by atoms with Gasteiger partial charge in [-0.3, -0.25) is 29.3 Å². The number of thiophene rings is 1. The van der Waals surface area contributed by atoms with Gasteiger partial charge in [0.2, 0.25) is 0 Å². The van der Waals surface area contributed by atoms with E-state index in [1.807, 2.05) is 23.5 Å². The number of anilines is 1. The molecule has 0 fully saturated rings. The number of isothiocyanates is 1. The van der Waals surface area contributed by atoms with Gasteiger partial charge >= 0.3 is 25.7 Å². The zero-order chi connectivity index (χ0) is 54.1. The molecular formula is C56H61F3N8O6RuS2. The number of aromatic nitrogens is 6. The van der Waals surface area contributed by atoms with E-state index in [2.05, 4.69) is 88.3 Å². The number of alkyl halides is 3. The third-order valence-corrected chi connectivity index (χ3v) is 12.5. The maximum atomic E-state index is 13.1. The summed E-state index contributed by atoms with van der Waals surface area (Å²) in [6.45, 7) is 9.80. The van der Waals surface area contributed by atoms with E-state index < -0.39 is 11.9 Å². The van der Waals surface area contributed by atoms with E-state index in [4.69, 9.17) is 5.41 Å². The number of unbranched alkanes of at least 4 members (excludes halogenated alkanes) is 9. The van der Waals surface area contributed by atoms with Crippen LogP contribution in [-0.2, 0) is 60.7 Å². The summed E-state index contributed by atoms with van der Waals surface area (Å²) in [6.07, 6.45) is 24.6. The maximum absolute atomic E-state index is 13.1. The van der Waals surface area contributed by atoms with Crippen molar-refractivity contribution in [2.75, 3.05) is 18.0 Å². The molecule has 0 radical (unpaired) electrons. The topological polar surface area (TPSA) is 183 Å². The maximum Gasteiger partial charge on any atom is 2.00 e. The first kappa shape index (κ1) is 63.4. The van der Waals surface area contributed by atoms with Crippen molar-refractivity contribution in [1.82, 2.24) is 30.1 Å². The van der Waals surface area contributed by atoms with Crippen LogP contribution in [0.1, 0.15) is 126 Å². The number of nitrogens with zero attached hydrogens (tertiary/aromatic N) is 8. The van der Waals surface area contributed by atoms with Crippen molar-refractivity contribution in [3.05, 3.63) is 131 Å². The van der Waals surface area contributed by atoms with Gasteiger partial charge in [0.1, 0.15) is 5.69 Å². The molecule has 0 bridgehead atoms. The van der Waals surface area contributed by atoms with Gasteiger partial charge in [-0.1, -0.05) is 96.5 Å². The number of carbonyl (C=O) groups excluding carboxylic acids is 3. The third-order valence-electron chi connectivity index (χ3n) is 11.2. The molecule has 0 aliphatic heterocycles. The van der Waals surface area contributed by atoms with Gasteiger partial charge in [0.25, 0.3) is 19.4 Å². The summed E-state index contributed by atoms with van der Waals surface area (Å²) in [4.78, 5) is 52.7. The Morgan fingerprint density at radius 2 is 1.12 bits per heavy atom. The Bertz CT molecular complexity index is 2720. The molecule has 76 heavy (non-hydrogen) atoms. The van der Waals surface area contributed by atoms with E-state index in [0.29, 0.717) is 53.4 Å². The molecule has 0 amide bonds. The van der Waals surface area contributed by atoms with E-state index in [1.165, 1.54) is 110 Å². The fraction of sp³-hybridized carbons (Fsp3) is 0.339. The molecule has 402 valence electrons. The minimum atomic E-state index is -4.52. The molecule has 20 heteroatoms. The second kappa shape index (κ2) is 36.2. The molecule has 0 atom stereocenters. The van der Waals surface area contributed by atoms with Crippen LogP contribution in [0.2, 0.25) is 0 Å². The Balaban J connectivity index is 0.000000380. The van der Waals surface area contributed by atoms with Crippen molar-refractivity contribution >= 4 is 71.4 Å². The molecule has 0 spiro atoms. The molecule has 0 unspecified atom stereocenters. The summed E-state index contributed by atoms with van der Waals surface area (Å²) in [5.74, 6) is 0. The minimum absolute atomic E-state index is 0. The van der Waals surface area contributed by atoms with Gasteiger partial charge in [-0.25, -0.2) is 4.98 Å². The summed E-state index contributed by atoms with van der Waals surface area (Å²) in [6, 6.07) is 17.8. The molecule has 0 aliphatic rings. The molecule has 0 aromatic carbocycles. The van der Waals surface area contributed by atoms with Crippen molar-refractivity contribution < 1.29 is 61.2 Å². The summed E-state index contributed by atoms with van der Waals surface area (Å²) in [5.41, 5.74) is 6.27. The molecule has 0 N–H and O–H groups in total. The number of aryl methyl sites for hydroxylation is 1. The molecule has 14 nitrogen and oxygen atoms in total. The van der Waals surface area contributed by atoms with Crippen molar-refractivity contribution in [3.63, 3.8) is 0 Å². The number of carbonyl (C=O) groups is 3. The van der Waals surface area contributed by atoms with Gasteiger partial charge in [-0.2, -0.15) is 18.3 Å². The number of rotatable bonds is 29. The van der Waals surface area contributed by atoms with E-state index in [1.54, 1.807) is 73.2 Å². The monoisotopic (exact) mass is 1160 g/mol. The fourth-order valence-corrected chi connectivity index (χ4v) is 8.80. The number of pyridine rings is 4. The predicted octanol–water partition coefficient (Wildman–Crippen LogP) is 14.2. The van der Waals surface area contributed by atoms with Crippen LogP contribution in [0.3, 0.4) is 0 Å². The Hall–Kier alpha value is -6.85. The zero-order valence-corrected chi connectivity index (χ0v) is 46.0. The molecule has 6 rings (SSSR count). The predicted molar refractivity (Wildman–Crippen MR) is 293 cm³/mol. The SMILES string of the molecule is CCCCCCc1cc(N(CCCCCC)CCCCCC)sc1-c1ccnc(-c2cc(C(F)(F)F)n[n-]2)c1.O=CO/C=C/c1ccnc(-c2cc(/C=C/OC=O)cc(-c3cc(/C=C/OC=O)ccn3)n2)c1.[N-]=C=S.[Ru+2]. The van der Waals surface area contributed by atoms with Gasteiger partial charge in [0.15, 0.2) is 0 Å². The van der Waals surface area contributed by atoms with Crippen LogP contribution < -0.4 is 10.00 Å². The van der Waals surface area contributed by atoms with Crippen LogP contribution in [0.15, 0.2) is 98.0 Å². The van der Waals surface area contributed by atoms with Crippen LogP contribution in [0.25, 0.3) is 68.2 Å². The number of hydrogen-bond donors (Lipinski definition) is 0. The molecular weight excluding hydrogens is 1100 g/mol. The molecule has 6 aromatic heterocycles. The smallest absolute Gasteiger partial charge is 0.753 e. The summed E-state index contributed by atoms with van der Waals surface area (Å²) >= 11 is 5.51. The molecule has 6 heterocycles. The minimum Gasteiger partial charge on any atom is -0.753 e. The average Bonchev–Trinajstić information content (AvgIpc) is 4.10. The Morgan fingerprint density at radius 1 is 0.645 bits per heavy atom. The standard InChI is InChI=1S/C31H44F3N4S.C24H17N3O6.CNS.Ru/c1-4-7-10-13-16-24-22-29(38(19-14-11-8-5-2)20-15-12-9-6-3)39-30(24)25-17-18-35-26(21-25)27-23-28(37-36-27)31(32,33)34;28-15-31-8-3-18-1-6-25-21(11-18)23-13-20(5-10-33-17-30)14-24(27-23)22-12-19(2-7-26-22)4-9-32-16-29;2-1-3;/h17-18,21-23H,4-16,19-20H2,1-3H3;1-17H;;/q-1;;-1;+2/b;8-3+,9-4+,10-5+;;. The van der Waals surface area contributed by atoms with Crippen molar-refractivity contribution in [3.8, 4) is 44.6 Å². The van der Waals surface area contributed by atoms with Gasteiger partial charge in [-0.15, -0.1) is 11.3 Å². The number of thiocarbonyl (C=S) groups is 1. The Kier molecular flexibility index (Phi) is 30.2. The second-order valence-electron chi connectivity index (χ2n) is 16.7. The summed E-state index contributed by atoms with van der Waals surface area (Å²) in [5, 5.41) is 16.9. The summed E-state index contributed by atoms with van der Waals surface area (Å²) in [7, 11) is 0. The van der Waals surface area contributed by atoms with Crippen molar-refractivity contribution in [1.29, 1.82) is 0 Å². The first-order valence-corrected chi connectivity index (χ1v) is 25.9. The van der Waals surface area contributed by atoms with Crippen LogP contribution >= 0.6 is 23.6 Å². The van der Waals surface area contributed by atoms with Crippen molar-refractivity contribution in [2.24, 2.45) is 0 Å². The van der Waals surface area contributed by atoms with Gasteiger partial charge in [0.05, 0.1) is 52.3 Å². The van der Waals surface area contributed by atoms with Crippen molar-refractivity contribution in [2.45, 2.75) is 110 Å². The van der Waals surface area contributed by atoms with E-state index in [-0.39, 0.29) is 25.2 Å². The first-order chi connectivity index (χ1) is 36.5. The van der Waals surface area contributed by atoms with Crippen LogP contribution in [0.4, 0.5) is 18.2 Å². The number of ether oxygens (including phenoxy) is 3. The normalized spacial score (nSPS) is 11.0. The molecule has 6 aromatic rings. The molecule has 0 aliphatic carbocycles. The van der Waals surface area contributed by atoms with E-state index in [9.17, 15) is 27.6 Å². The third kappa shape index (κ3) is 22.2.